The molecule has 68 valence electrons. The molecule has 1 atom stereocenters. The van der Waals surface area contributed by atoms with Crippen LogP contribution in [0.25, 0.3) is 0 Å². The zero-order valence-corrected chi connectivity index (χ0v) is 12.1. The maximum atomic E-state index is 10.4. The van der Waals surface area contributed by atoms with E-state index < -0.39 is 11.1 Å². The first-order valence-electron chi connectivity index (χ1n) is 3.26. The molecule has 1 rings (SSSR count). The molecule has 13 heavy (non-hydrogen) atoms. The van der Waals surface area contributed by atoms with Crippen molar-refractivity contribution in [2.45, 2.75) is 12.7 Å². The second-order valence-electron chi connectivity index (χ2n) is 2.42. The van der Waals surface area contributed by atoms with Gasteiger partial charge in [0.25, 0.3) is 0 Å². The van der Waals surface area contributed by atoms with Crippen LogP contribution in [0.2, 0.25) is 0 Å². The van der Waals surface area contributed by atoms with Gasteiger partial charge in [0.1, 0.15) is 0 Å². The van der Waals surface area contributed by atoms with Crippen LogP contribution in [0.15, 0.2) is 4.47 Å². The van der Waals surface area contributed by atoms with Crippen molar-refractivity contribution in [1.82, 2.24) is 9.78 Å². The third-order valence-corrected chi connectivity index (χ3v) is 3.06. The Morgan fingerprint density at radius 3 is 2.54 bits per heavy atom. The molecule has 1 heterocycles. The molecule has 0 saturated carbocycles. The van der Waals surface area contributed by atoms with E-state index >= 15 is 0 Å². The molecule has 0 radical (unpaired) electrons. The summed E-state index contributed by atoms with van der Waals surface area (Å²) in [6, 6.07) is 0. The van der Waals surface area contributed by atoms with E-state index in [1.165, 1.54) is 0 Å². The molecule has 0 amide bonds. The molecule has 1 aromatic rings. The monoisotopic (exact) mass is 274 g/mol. The number of rotatable bonds is 2. The minimum atomic E-state index is -2.06. The van der Waals surface area contributed by atoms with Crippen LogP contribution in [0, 0.1) is 6.92 Å². The summed E-state index contributed by atoms with van der Waals surface area (Å²) in [7, 11) is 1.72. The largest absolute Gasteiger partial charge is 1.00 e. The van der Waals surface area contributed by atoms with Crippen LogP contribution in [0.1, 0.15) is 11.4 Å². The average molecular weight is 275 g/mol. The third kappa shape index (κ3) is 3.45. The fourth-order valence-electron chi connectivity index (χ4n) is 0.949. The maximum Gasteiger partial charge on any atom is 1.00 e. The fraction of sp³-hybridized carbons (Fsp3) is 0.500. The molecule has 4 nitrogen and oxygen atoms in total. The number of halogens is 1. The second-order valence-corrected chi connectivity index (χ2v) is 4.11. The van der Waals surface area contributed by atoms with Gasteiger partial charge in [0, 0.05) is 7.05 Å². The Bertz CT molecular complexity index is 329. The standard InChI is InChI=1S/C6H9BrN2O2S.Na/c1-4-6(7)5(3-12(10)11)9(2)8-4;/h3H2,1-2H3,(H,10,11);/q;+1/p-1. The van der Waals surface area contributed by atoms with Crippen molar-refractivity contribution in [2.24, 2.45) is 7.05 Å². The minimum Gasteiger partial charge on any atom is -0.772 e. The Hall–Kier alpha value is 0.800. The van der Waals surface area contributed by atoms with Crippen molar-refractivity contribution in [2.75, 3.05) is 0 Å². The van der Waals surface area contributed by atoms with E-state index in [4.69, 9.17) is 0 Å². The molecule has 0 fully saturated rings. The predicted molar refractivity (Wildman–Crippen MR) is 48.3 cm³/mol. The van der Waals surface area contributed by atoms with Gasteiger partial charge in [-0.15, -0.1) is 0 Å². The van der Waals surface area contributed by atoms with Gasteiger partial charge in [-0.25, -0.2) is 0 Å². The van der Waals surface area contributed by atoms with Crippen molar-refractivity contribution in [3.63, 3.8) is 0 Å². The van der Waals surface area contributed by atoms with Gasteiger partial charge in [0.15, 0.2) is 0 Å². The van der Waals surface area contributed by atoms with E-state index in [-0.39, 0.29) is 35.3 Å². The molecule has 0 bridgehead atoms. The first-order valence-corrected chi connectivity index (χ1v) is 5.30. The summed E-state index contributed by atoms with van der Waals surface area (Å²) in [4.78, 5) is 0. The maximum absolute atomic E-state index is 10.4. The predicted octanol–water partition coefficient (Wildman–Crippen LogP) is -2.13. The van der Waals surface area contributed by atoms with Crippen LogP contribution < -0.4 is 29.6 Å². The van der Waals surface area contributed by atoms with Crippen LogP contribution in [-0.2, 0) is 23.9 Å². The van der Waals surface area contributed by atoms with E-state index in [1.54, 1.807) is 11.7 Å². The molecular weight excluding hydrogens is 267 g/mol. The molecule has 0 N–H and O–H groups in total. The van der Waals surface area contributed by atoms with Crippen LogP contribution in [0.5, 0.6) is 0 Å². The summed E-state index contributed by atoms with van der Waals surface area (Å²) < 4.78 is 23.2. The van der Waals surface area contributed by atoms with Crippen LogP contribution in [0.4, 0.5) is 0 Å². The fourth-order valence-corrected chi connectivity index (χ4v) is 2.16. The Labute approximate surface area is 110 Å². The van der Waals surface area contributed by atoms with Crippen molar-refractivity contribution in [3.8, 4) is 0 Å². The number of aryl methyl sites for hydroxylation is 2. The third-order valence-electron chi connectivity index (χ3n) is 1.52. The van der Waals surface area contributed by atoms with Gasteiger partial charge in [-0.1, -0.05) is 0 Å². The number of nitrogens with zero attached hydrogens (tertiary/aromatic N) is 2. The summed E-state index contributed by atoms with van der Waals surface area (Å²) in [5.74, 6) is -0.00206. The summed E-state index contributed by atoms with van der Waals surface area (Å²) in [6.45, 7) is 1.82. The van der Waals surface area contributed by atoms with Gasteiger partial charge in [0.2, 0.25) is 0 Å². The van der Waals surface area contributed by atoms with Gasteiger partial charge in [-0.05, 0) is 33.9 Å². The van der Waals surface area contributed by atoms with Crippen LogP contribution in [-0.4, -0.2) is 18.5 Å². The zero-order chi connectivity index (χ0) is 9.30. The second kappa shape index (κ2) is 5.63. The zero-order valence-electron chi connectivity index (χ0n) is 7.70. The quantitative estimate of drug-likeness (QED) is 0.458. The van der Waals surface area contributed by atoms with Crippen molar-refractivity contribution < 1.29 is 38.3 Å². The van der Waals surface area contributed by atoms with Gasteiger partial charge in [-0.3, -0.25) is 8.89 Å². The topological polar surface area (TPSA) is 58.0 Å². The smallest absolute Gasteiger partial charge is 0.772 e. The first kappa shape index (κ1) is 13.8. The molecule has 0 saturated heterocycles. The van der Waals surface area contributed by atoms with E-state index in [0.29, 0.717) is 5.69 Å². The van der Waals surface area contributed by atoms with Crippen molar-refractivity contribution in [1.29, 1.82) is 0 Å². The molecule has 1 aromatic heterocycles. The van der Waals surface area contributed by atoms with E-state index in [2.05, 4.69) is 21.0 Å². The molecule has 0 aromatic carbocycles. The number of hydrogen-bond donors (Lipinski definition) is 0. The van der Waals surface area contributed by atoms with Crippen molar-refractivity contribution in [3.05, 3.63) is 15.9 Å². The van der Waals surface area contributed by atoms with Gasteiger partial charge in [-0.2, -0.15) is 5.10 Å². The normalized spacial score (nSPS) is 12.3. The minimum absolute atomic E-state index is 0. The van der Waals surface area contributed by atoms with Crippen LogP contribution >= 0.6 is 15.9 Å². The summed E-state index contributed by atoms with van der Waals surface area (Å²) in [6.07, 6.45) is 0. The molecule has 0 aliphatic rings. The van der Waals surface area contributed by atoms with Gasteiger partial charge >= 0.3 is 29.6 Å². The Morgan fingerprint density at radius 2 is 2.23 bits per heavy atom. The van der Waals surface area contributed by atoms with Gasteiger partial charge < -0.3 is 4.55 Å². The Balaban J connectivity index is 0.00000144. The summed E-state index contributed by atoms with van der Waals surface area (Å²) in [5, 5.41) is 4.06. The SMILES string of the molecule is Cc1nn(C)c(CS(=O)[O-])c1Br.[Na+]. The first-order chi connectivity index (χ1) is 5.52. The molecular formula is C6H8BrN2NaO2S. The number of aromatic nitrogens is 2. The molecule has 1 unspecified atom stereocenters. The Kier molecular flexibility index (Phi) is 5.97. The molecule has 0 aliphatic heterocycles. The molecule has 7 heteroatoms. The van der Waals surface area contributed by atoms with Gasteiger partial charge in [0.05, 0.1) is 21.6 Å². The summed E-state index contributed by atoms with van der Waals surface area (Å²) >= 11 is 1.21. The average Bonchev–Trinajstić information content (AvgIpc) is 2.16. The molecule has 0 spiro atoms. The van der Waals surface area contributed by atoms with E-state index in [9.17, 15) is 8.76 Å². The van der Waals surface area contributed by atoms with E-state index in [0.717, 1.165) is 10.2 Å². The summed E-state index contributed by atoms with van der Waals surface area (Å²) in [5.41, 5.74) is 1.48. The number of hydrogen-bond acceptors (Lipinski definition) is 3. The van der Waals surface area contributed by atoms with Crippen molar-refractivity contribution >= 4 is 27.0 Å². The van der Waals surface area contributed by atoms with E-state index in [1.807, 2.05) is 6.92 Å². The Morgan fingerprint density at radius 1 is 1.69 bits per heavy atom. The molecule has 0 aliphatic carbocycles. The van der Waals surface area contributed by atoms with Crippen LogP contribution in [0.3, 0.4) is 0 Å².